The molecule has 0 unspecified atom stereocenters. The van der Waals surface area contributed by atoms with E-state index in [0.29, 0.717) is 17.2 Å². The number of carbonyl (C=O) groups is 1. The predicted octanol–water partition coefficient (Wildman–Crippen LogP) is 2.13. The van der Waals surface area contributed by atoms with Crippen LogP contribution in [0.15, 0.2) is 24.3 Å². The van der Waals surface area contributed by atoms with E-state index in [9.17, 15) is 4.79 Å². The monoisotopic (exact) mass is 328 g/mol. The van der Waals surface area contributed by atoms with Crippen molar-refractivity contribution >= 4 is 48.3 Å². The molecule has 1 amide bonds. The third kappa shape index (κ3) is 5.53. The topological polar surface area (TPSA) is 82.0 Å². The van der Waals surface area contributed by atoms with Gasteiger partial charge in [0.25, 0.3) is 6.64 Å². The van der Waals surface area contributed by atoms with Gasteiger partial charge in [0.05, 0.1) is 17.2 Å². The number of rotatable bonds is 4. The second-order valence-corrected chi connectivity index (χ2v) is 7.51. The van der Waals surface area contributed by atoms with Crippen LogP contribution < -0.4 is 9.23 Å². The van der Waals surface area contributed by atoms with Gasteiger partial charge in [-0.1, -0.05) is 23.7 Å². The highest BCUT2D eigenvalue weighted by Gasteiger charge is 2.16. The van der Waals surface area contributed by atoms with Gasteiger partial charge in [-0.2, -0.15) is 4.49 Å². The summed E-state index contributed by atoms with van der Waals surface area (Å²) in [7, 11) is 1.38. The van der Waals surface area contributed by atoms with Crippen LogP contribution in [0.4, 0.5) is 4.79 Å². The number of hydrogen-bond acceptors (Lipinski definition) is 4. The van der Waals surface area contributed by atoms with Crippen LogP contribution in [0.25, 0.3) is 0 Å². The molecule has 6 nitrogen and oxygen atoms in total. The molecule has 1 aromatic rings. The van der Waals surface area contributed by atoms with E-state index in [-0.39, 0.29) is 5.75 Å². The van der Waals surface area contributed by atoms with Crippen LogP contribution in [-0.4, -0.2) is 27.2 Å². The molecule has 1 aromatic carbocycles. The molecule has 0 spiro atoms. The summed E-state index contributed by atoms with van der Waals surface area (Å²) in [6.07, 6.45) is -0.732. The van der Waals surface area contributed by atoms with E-state index in [4.69, 9.17) is 26.1 Å². The fraction of sp³-hybridized carbons (Fsp3) is 0.125. The summed E-state index contributed by atoms with van der Waals surface area (Å²) in [6.45, 7) is -3.58. The van der Waals surface area contributed by atoms with Crippen LogP contribution in [0.1, 0.15) is 0 Å². The summed E-state index contributed by atoms with van der Waals surface area (Å²) in [5.41, 5.74) is 0. The third-order valence-corrected chi connectivity index (χ3v) is 4.27. The molecule has 0 atom stereocenters. The van der Waals surface area contributed by atoms with Crippen molar-refractivity contribution in [3.63, 3.8) is 0 Å². The highest BCUT2D eigenvalue weighted by atomic mass is 35.5. The van der Waals surface area contributed by atoms with E-state index in [1.54, 1.807) is 18.2 Å². The zero-order valence-electron chi connectivity index (χ0n) is 9.11. The molecular formula is C8H10ClN2O4PS2. The lowest BCUT2D eigenvalue weighted by Crippen LogP contribution is -2.26. The Morgan fingerprint density at radius 3 is 2.72 bits per heavy atom. The molecule has 0 saturated carbocycles. The van der Waals surface area contributed by atoms with E-state index in [1.165, 1.54) is 13.1 Å². The zero-order valence-corrected chi connectivity index (χ0v) is 12.4. The summed E-state index contributed by atoms with van der Waals surface area (Å²) >= 11 is 10.8. The van der Waals surface area contributed by atoms with Gasteiger partial charge in [-0.15, -0.1) is 0 Å². The van der Waals surface area contributed by atoms with E-state index in [1.807, 2.05) is 0 Å². The van der Waals surface area contributed by atoms with Crippen LogP contribution in [-0.2, 0) is 11.8 Å². The normalized spacial score (nSPS) is 11.1. The quantitative estimate of drug-likeness (QED) is 0.577. The molecule has 0 aromatic heterocycles. The van der Waals surface area contributed by atoms with Gasteiger partial charge >= 0.3 is 6.09 Å². The van der Waals surface area contributed by atoms with Crippen molar-refractivity contribution < 1.29 is 19.3 Å². The maximum absolute atomic E-state index is 11.6. The fourth-order valence-electron chi connectivity index (χ4n) is 0.838. The van der Waals surface area contributed by atoms with Gasteiger partial charge in [0.1, 0.15) is 0 Å². The Labute approximate surface area is 118 Å². The molecule has 0 saturated heterocycles. The Bertz CT molecular complexity index is 484. The smallest absolute Gasteiger partial charge is 0.408 e. The lowest BCUT2D eigenvalue weighted by Gasteiger charge is -2.17. The van der Waals surface area contributed by atoms with E-state index >= 15 is 0 Å². The average Bonchev–Trinajstić information content (AvgIpc) is 2.28. The minimum absolute atomic E-state index is 0.212. The second-order valence-electron chi connectivity index (χ2n) is 3.02. The van der Waals surface area contributed by atoms with Crippen LogP contribution >= 0.6 is 30.4 Å². The SMILES string of the molecule is CN(SNP(O)(O)=S)C(=O)Oc1ccccc1Cl. The zero-order chi connectivity index (χ0) is 13.8. The first-order valence-corrected chi connectivity index (χ1v) is 8.35. The summed E-state index contributed by atoms with van der Waals surface area (Å²) < 4.78 is 8.14. The predicted molar refractivity (Wildman–Crippen MR) is 74.7 cm³/mol. The molecule has 0 aliphatic carbocycles. The average molecular weight is 329 g/mol. The van der Waals surface area contributed by atoms with E-state index < -0.39 is 12.7 Å². The number of carbonyl (C=O) groups excluding carboxylic acids is 1. The molecule has 0 radical (unpaired) electrons. The standard InChI is InChI=1S/C8H10ClN2O4PS2/c1-11(18-10-16(13,14)17)8(12)15-7-5-3-2-4-6(7)9/h2-5H,1H3,(H3,10,13,14,17). The lowest BCUT2D eigenvalue weighted by molar-refractivity contribution is 0.187. The molecule has 1 rings (SSSR count). The van der Waals surface area contributed by atoms with Crippen LogP contribution in [0.3, 0.4) is 0 Å². The first-order valence-electron chi connectivity index (χ1n) is 4.49. The highest BCUT2D eigenvalue weighted by Crippen LogP contribution is 2.33. The first kappa shape index (κ1) is 15.7. The number of nitrogens with zero attached hydrogens (tertiary/aromatic N) is 1. The van der Waals surface area contributed by atoms with Gasteiger partial charge in [0, 0.05) is 7.05 Å². The van der Waals surface area contributed by atoms with E-state index in [2.05, 4.69) is 16.3 Å². The largest absolute Gasteiger partial charge is 0.426 e. The molecular weight excluding hydrogens is 319 g/mol. The second kappa shape index (κ2) is 6.72. The van der Waals surface area contributed by atoms with Crippen molar-refractivity contribution in [2.75, 3.05) is 7.05 Å². The molecule has 100 valence electrons. The minimum Gasteiger partial charge on any atom is -0.408 e. The lowest BCUT2D eigenvalue weighted by atomic mass is 10.3. The van der Waals surface area contributed by atoms with Crippen molar-refractivity contribution in [2.24, 2.45) is 0 Å². The number of ether oxygens (including phenoxy) is 1. The van der Waals surface area contributed by atoms with E-state index in [0.717, 1.165) is 4.31 Å². The molecule has 3 N–H and O–H groups in total. The van der Waals surface area contributed by atoms with Gasteiger partial charge in [0.2, 0.25) is 0 Å². The number of halogens is 1. The molecule has 0 bridgehead atoms. The number of amides is 1. The number of nitrogens with one attached hydrogen (secondary N) is 1. The summed E-state index contributed by atoms with van der Waals surface area (Å²) in [5, 5.41) is 0.298. The first-order chi connectivity index (χ1) is 8.29. The fourth-order valence-corrected chi connectivity index (χ4v) is 2.34. The molecule has 0 heterocycles. The molecule has 10 heteroatoms. The Kier molecular flexibility index (Phi) is 5.87. The number of para-hydroxylation sites is 1. The van der Waals surface area contributed by atoms with Gasteiger partial charge in [0.15, 0.2) is 5.75 Å². The van der Waals surface area contributed by atoms with Gasteiger partial charge in [-0.05, 0) is 23.9 Å². The Morgan fingerprint density at radius 1 is 1.56 bits per heavy atom. The van der Waals surface area contributed by atoms with Gasteiger partial charge in [-0.25, -0.2) is 9.10 Å². The van der Waals surface area contributed by atoms with Gasteiger partial charge in [-0.3, -0.25) is 0 Å². The van der Waals surface area contributed by atoms with Crippen molar-refractivity contribution in [3.05, 3.63) is 29.3 Å². The number of benzene rings is 1. The summed E-state index contributed by atoms with van der Waals surface area (Å²) in [6, 6.07) is 6.49. The molecule has 0 aliphatic heterocycles. The Hall–Kier alpha value is -0.340. The van der Waals surface area contributed by atoms with Crippen molar-refractivity contribution in [1.29, 1.82) is 0 Å². The molecule has 18 heavy (non-hydrogen) atoms. The van der Waals surface area contributed by atoms with Gasteiger partial charge < -0.3 is 14.5 Å². The van der Waals surface area contributed by atoms with Crippen LogP contribution in [0.5, 0.6) is 5.75 Å². The highest BCUT2D eigenvalue weighted by molar-refractivity contribution is 8.14. The molecule has 0 fully saturated rings. The number of hydrogen-bond donors (Lipinski definition) is 3. The van der Waals surface area contributed by atoms with Crippen LogP contribution in [0, 0.1) is 0 Å². The minimum atomic E-state index is -3.58. The Balaban J connectivity index is 2.55. The maximum Gasteiger partial charge on any atom is 0.426 e. The molecule has 0 aliphatic rings. The maximum atomic E-state index is 11.6. The van der Waals surface area contributed by atoms with Crippen LogP contribution in [0.2, 0.25) is 5.02 Å². The van der Waals surface area contributed by atoms with Crippen molar-refractivity contribution in [2.45, 2.75) is 0 Å². The summed E-state index contributed by atoms with van der Waals surface area (Å²) in [5.74, 6) is 0.212. The Morgan fingerprint density at radius 2 is 2.17 bits per heavy atom. The van der Waals surface area contributed by atoms with Crippen molar-refractivity contribution in [1.82, 2.24) is 8.80 Å². The third-order valence-electron chi connectivity index (χ3n) is 1.59. The summed E-state index contributed by atoms with van der Waals surface area (Å²) in [4.78, 5) is 29.4. The van der Waals surface area contributed by atoms with Crippen molar-refractivity contribution in [3.8, 4) is 5.75 Å².